The maximum Gasteiger partial charge on any atom is 0.317 e. The van der Waals surface area contributed by atoms with Gasteiger partial charge >= 0.3 is 11.9 Å². The first-order valence-electron chi connectivity index (χ1n) is 8.80. The lowest BCUT2D eigenvalue weighted by molar-refractivity contribution is -0.156. The molecule has 0 unspecified atom stereocenters. The smallest absolute Gasteiger partial charge is 0.317 e. The molecule has 0 aliphatic heterocycles. The molecule has 0 rings (SSSR count). The van der Waals surface area contributed by atoms with Crippen LogP contribution >= 0.6 is 0 Å². The van der Waals surface area contributed by atoms with E-state index in [-0.39, 0.29) is 26.4 Å². The molecule has 0 radical (unpaired) electrons. The summed E-state index contributed by atoms with van der Waals surface area (Å²) in [5.74, 6) is -1.32. The quantitative estimate of drug-likeness (QED) is 0.156. The third kappa shape index (κ3) is 20.9. The molecule has 0 spiro atoms. The average molecular weight is 396 g/mol. The van der Waals surface area contributed by atoms with E-state index in [0.29, 0.717) is 52.9 Å². The summed E-state index contributed by atoms with van der Waals surface area (Å²) < 4.78 is 40.2. The number of hydrogen-bond acceptors (Lipinski definition) is 10. The predicted molar refractivity (Wildman–Crippen MR) is 93.6 cm³/mol. The van der Waals surface area contributed by atoms with Crippen LogP contribution in [0.1, 0.15) is 6.42 Å². The molecule has 0 atom stereocenters. The zero-order chi connectivity index (χ0) is 20.0. The third-order valence-electron chi connectivity index (χ3n) is 2.88. The average Bonchev–Trinajstić information content (AvgIpc) is 2.65. The first-order chi connectivity index (χ1) is 13.2. The van der Waals surface area contributed by atoms with Gasteiger partial charge in [-0.1, -0.05) is 0 Å². The highest BCUT2D eigenvalue weighted by Gasteiger charge is 2.11. The molecule has 0 aromatic carbocycles. The van der Waals surface area contributed by atoms with Gasteiger partial charge in [0.2, 0.25) is 0 Å². The van der Waals surface area contributed by atoms with Crippen LogP contribution in [0.3, 0.4) is 0 Å². The van der Waals surface area contributed by atoms with E-state index in [2.05, 4.69) is 0 Å². The molecule has 10 heteroatoms. The number of hydrogen-bond donors (Lipinski definition) is 0. The SMILES string of the molecule is COCCOCCOCCOC(=O)CC(=O)OCCOCCOCCOC. The van der Waals surface area contributed by atoms with Gasteiger partial charge in [0.1, 0.15) is 19.6 Å². The number of esters is 2. The Balaban J connectivity index is 3.33. The third-order valence-corrected chi connectivity index (χ3v) is 2.88. The molecule has 0 N–H and O–H groups in total. The Morgan fingerprint density at radius 2 is 0.778 bits per heavy atom. The van der Waals surface area contributed by atoms with Crippen molar-refractivity contribution in [3.8, 4) is 0 Å². The Labute approximate surface area is 160 Å². The lowest BCUT2D eigenvalue weighted by atomic mass is 10.4. The molecule has 0 amide bonds. The van der Waals surface area contributed by atoms with Crippen LogP contribution in [0.5, 0.6) is 0 Å². The lowest BCUT2D eigenvalue weighted by Gasteiger charge is -2.08. The van der Waals surface area contributed by atoms with Crippen molar-refractivity contribution < 1.29 is 47.5 Å². The fourth-order valence-electron chi connectivity index (χ4n) is 1.58. The van der Waals surface area contributed by atoms with Crippen LogP contribution in [0.4, 0.5) is 0 Å². The van der Waals surface area contributed by atoms with Gasteiger partial charge in [0.05, 0.1) is 66.1 Å². The van der Waals surface area contributed by atoms with Crippen molar-refractivity contribution in [2.24, 2.45) is 0 Å². The van der Waals surface area contributed by atoms with Crippen molar-refractivity contribution in [2.75, 3.05) is 93.5 Å². The topological polar surface area (TPSA) is 108 Å². The predicted octanol–water partition coefficient (Wildman–Crippen LogP) is -0.178. The van der Waals surface area contributed by atoms with Gasteiger partial charge in [-0.25, -0.2) is 0 Å². The second-order valence-corrected chi connectivity index (χ2v) is 5.05. The molecule has 0 saturated heterocycles. The van der Waals surface area contributed by atoms with Gasteiger partial charge < -0.3 is 37.9 Å². The Kier molecular flexibility index (Phi) is 20.0. The molecule has 0 aromatic heterocycles. The van der Waals surface area contributed by atoms with Crippen LogP contribution in [0, 0.1) is 0 Å². The van der Waals surface area contributed by atoms with Crippen molar-refractivity contribution in [1.29, 1.82) is 0 Å². The summed E-state index contributed by atoms with van der Waals surface area (Å²) in [4.78, 5) is 22.9. The molecular formula is C17H32O10. The lowest BCUT2D eigenvalue weighted by Crippen LogP contribution is -2.19. The van der Waals surface area contributed by atoms with Gasteiger partial charge in [-0.15, -0.1) is 0 Å². The van der Waals surface area contributed by atoms with E-state index in [1.807, 2.05) is 0 Å². The van der Waals surface area contributed by atoms with Gasteiger partial charge in [0.25, 0.3) is 0 Å². The van der Waals surface area contributed by atoms with E-state index in [1.54, 1.807) is 14.2 Å². The first kappa shape index (κ1) is 25.7. The van der Waals surface area contributed by atoms with Crippen molar-refractivity contribution in [3.63, 3.8) is 0 Å². The van der Waals surface area contributed by atoms with E-state index >= 15 is 0 Å². The molecule has 0 heterocycles. The van der Waals surface area contributed by atoms with Crippen LogP contribution < -0.4 is 0 Å². The Hall–Kier alpha value is -1.30. The summed E-state index contributed by atoms with van der Waals surface area (Å²) in [5, 5.41) is 0. The highest BCUT2D eigenvalue weighted by molar-refractivity contribution is 5.91. The number of carbonyl (C=O) groups excluding carboxylic acids is 2. The second-order valence-electron chi connectivity index (χ2n) is 5.05. The van der Waals surface area contributed by atoms with Crippen LogP contribution in [-0.4, -0.2) is 105 Å². The zero-order valence-electron chi connectivity index (χ0n) is 16.3. The van der Waals surface area contributed by atoms with Gasteiger partial charge in [0, 0.05) is 14.2 Å². The molecule has 10 nitrogen and oxygen atoms in total. The summed E-state index contributed by atoms with van der Waals surface area (Å²) >= 11 is 0. The van der Waals surface area contributed by atoms with E-state index in [1.165, 1.54) is 0 Å². The van der Waals surface area contributed by atoms with E-state index in [4.69, 9.17) is 37.9 Å². The maximum absolute atomic E-state index is 11.4. The summed E-state index contributed by atoms with van der Waals surface area (Å²) in [6.45, 7) is 4.31. The van der Waals surface area contributed by atoms with Crippen molar-refractivity contribution >= 4 is 11.9 Å². The van der Waals surface area contributed by atoms with Crippen LogP contribution in [0.2, 0.25) is 0 Å². The summed E-state index contributed by atoms with van der Waals surface area (Å²) in [7, 11) is 3.19. The second kappa shape index (κ2) is 21.0. The van der Waals surface area contributed by atoms with Crippen molar-refractivity contribution in [1.82, 2.24) is 0 Å². The fourth-order valence-corrected chi connectivity index (χ4v) is 1.58. The van der Waals surface area contributed by atoms with Gasteiger partial charge in [-0.2, -0.15) is 0 Å². The number of carbonyl (C=O) groups is 2. The Bertz CT molecular complexity index is 319. The highest BCUT2D eigenvalue weighted by Crippen LogP contribution is 1.92. The number of methoxy groups -OCH3 is 2. The fraction of sp³-hybridized carbons (Fsp3) is 0.882. The van der Waals surface area contributed by atoms with E-state index < -0.39 is 18.4 Å². The van der Waals surface area contributed by atoms with Gasteiger partial charge in [-0.05, 0) is 0 Å². The highest BCUT2D eigenvalue weighted by atomic mass is 16.6. The van der Waals surface area contributed by atoms with E-state index in [0.717, 1.165) is 0 Å². The maximum atomic E-state index is 11.4. The van der Waals surface area contributed by atoms with Crippen LogP contribution in [0.25, 0.3) is 0 Å². The minimum absolute atomic E-state index is 0.0658. The summed E-state index contributed by atoms with van der Waals surface area (Å²) in [5.41, 5.74) is 0. The van der Waals surface area contributed by atoms with Crippen molar-refractivity contribution in [2.45, 2.75) is 6.42 Å². The molecule has 0 bridgehead atoms. The number of rotatable bonds is 20. The molecule has 27 heavy (non-hydrogen) atoms. The molecule has 0 fully saturated rings. The zero-order valence-corrected chi connectivity index (χ0v) is 16.3. The number of ether oxygens (including phenoxy) is 8. The first-order valence-corrected chi connectivity index (χ1v) is 8.80. The minimum atomic E-state index is -0.660. The normalized spacial score (nSPS) is 10.7. The Morgan fingerprint density at radius 3 is 1.11 bits per heavy atom. The largest absolute Gasteiger partial charge is 0.463 e. The molecule has 0 aliphatic rings. The van der Waals surface area contributed by atoms with Gasteiger partial charge in [0.15, 0.2) is 0 Å². The van der Waals surface area contributed by atoms with Crippen LogP contribution in [0.15, 0.2) is 0 Å². The van der Waals surface area contributed by atoms with Crippen molar-refractivity contribution in [3.05, 3.63) is 0 Å². The van der Waals surface area contributed by atoms with E-state index in [9.17, 15) is 9.59 Å². The standard InChI is InChI=1S/C17H32O10/c1-20-3-5-22-7-9-24-11-13-26-16(18)15-17(19)27-14-12-25-10-8-23-6-4-21-2/h3-15H2,1-2H3. The van der Waals surface area contributed by atoms with Crippen LogP contribution in [-0.2, 0) is 47.5 Å². The molecule has 0 aliphatic carbocycles. The Morgan fingerprint density at radius 1 is 0.481 bits per heavy atom. The molecule has 0 aromatic rings. The monoisotopic (exact) mass is 396 g/mol. The molecule has 0 saturated carbocycles. The minimum Gasteiger partial charge on any atom is -0.463 e. The molecule has 160 valence electrons. The summed E-state index contributed by atoms with van der Waals surface area (Å²) in [6, 6.07) is 0. The molecular weight excluding hydrogens is 364 g/mol. The summed E-state index contributed by atoms with van der Waals surface area (Å²) in [6.07, 6.45) is -0.444. The van der Waals surface area contributed by atoms with Gasteiger partial charge in [-0.3, -0.25) is 9.59 Å².